The van der Waals surface area contributed by atoms with E-state index in [4.69, 9.17) is 18.9 Å². The van der Waals surface area contributed by atoms with Gasteiger partial charge >= 0.3 is 5.97 Å². The van der Waals surface area contributed by atoms with Gasteiger partial charge in [0.2, 0.25) is 5.79 Å². The quantitative estimate of drug-likeness (QED) is 0.177. The number of rotatable bonds is 3. The van der Waals surface area contributed by atoms with E-state index in [1.54, 1.807) is 19.9 Å². The number of ketones is 1. The van der Waals surface area contributed by atoms with Gasteiger partial charge < -0.3 is 44.5 Å². The van der Waals surface area contributed by atoms with Crippen LogP contribution in [0.2, 0.25) is 0 Å². The Hall–Kier alpha value is -1.70. The highest BCUT2D eigenvalue weighted by Gasteiger charge is 2.55. The molecule has 1 unspecified atom stereocenters. The zero-order valence-electron chi connectivity index (χ0n) is 26.5. The van der Waals surface area contributed by atoms with Crippen molar-refractivity contribution in [3.8, 4) is 0 Å². The van der Waals surface area contributed by atoms with E-state index in [1.807, 2.05) is 6.92 Å². The van der Waals surface area contributed by atoms with E-state index in [0.29, 0.717) is 37.7 Å². The fraction of sp³-hybridized carbons (Fsp3) is 0.818. The van der Waals surface area contributed by atoms with Crippen molar-refractivity contribution in [2.45, 2.75) is 152 Å². The molecule has 4 heterocycles. The van der Waals surface area contributed by atoms with Gasteiger partial charge in [0.25, 0.3) is 0 Å². The van der Waals surface area contributed by atoms with E-state index in [0.717, 1.165) is 12.8 Å². The van der Waals surface area contributed by atoms with Crippen LogP contribution in [0.5, 0.6) is 0 Å². The molecule has 0 aromatic heterocycles. The lowest BCUT2D eigenvalue weighted by Gasteiger charge is -2.52. The molecule has 44 heavy (non-hydrogen) atoms. The summed E-state index contributed by atoms with van der Waals surface area (Å²) < 4.78 is 23.7. The molecule has 0 saturated carbocycles. The Labute approximate surface area is 260 Å². The van der Waals surface area contributed by atoms with Crippen molar-refractivity contribution >= 4 is 11.8 Å². The van der Waals surface area contributed by atoms with Crippen LogP contribution in [-0.4, -0.2) is 104 Å². The molecular weight excluding hydrogens is 572 g/mol. The first-order chi connectivity index (χ1) is 20.8. The summed E-state index contributed by atoms with van der Waals surface area (Å²) in [4.78, 5) is 26.1. The summed E-state index contributed by atoms with van der Waals surface area (Å²) in [6.45, 7) is 7.19. The summed E-state index contributed by atoms with van der Waals surface area (Å²) >= 11 is 0. The molecular formula is C33H52O11. The second-order valence-corrected chi connectivity index (χ2v) is 13.4. The summed E-state index contributed by atoms with van der Waals surface area (Å²) in [5.74, 6) is -4.06. The third kappa shape index (κ3) is 8.17. The van der Waals surface area contributed by atoms with Crippen molar-refractivity contribution in [2.24, 2.45) is 11.8 Å². The lowest BCUT2D eigenvalue weighted by atomic mass is 9.85. The van der Waals surface area contributed by atoms with Crippen LogP contribution in [0.15, 0.2) is 23.8 Å². The molecule has 4 aliphatic heterocycles. The lowest BCUT2D eigenvalue weighted by molar-refractivity contribution is -0.397. The Morgan fingerprint density at radius 1 is 0.909 bits per heavy atom. The van der Waals surface area contributed by atoms with Crippen molar-refractivity contribution < 1.29 is 54.1 Å². The third-order valence-electron chi connectivity index (χ3n) is 9.70. The third-order valence-corrected chi connectivity index (χ3v) is 9.70. The van der Waals surface area contributed by atoms with Gasteiger partial charge in [0.1, 0.15) is 29.7 Å². The molecule has 0 amide bonds. The molecule has 4 aliphatic rings. The Morgan fingerprint density at radius 3 is 2.20 bits per heavy atom. The zero-order chi connectivity index (χ0) is 32.2. The first kappa shape index (κ1) is 35.2. The number of allylic oxidation sites excluding steroid dienone is 1. The minimum Gasteiger partial charge on any atom is -0.459 e. The van der Waals surface area contributed by atoms with Crippen molar-refractivity contribution in [1.29, 1.82) is 0 Å². The number of cyclic esters (lactones) is 1. The number of fused-ring (bicyclic) bond motifs is 2. The number of carbonyl (C=O) groups is 2. The summed E-state index contributed by atoms with van der Waals surface area (Å²) in [5, 5.41) is 55.2. The van der Waals surface area contributed by atoms with E-state index in [9.17, 15) is 35.1 Å². The fourth-order valence-electron chi connectivity index (χ4n) is 6.54. The molecule has 0 aromatic carbocycles. The standard InChI is InChI=1S/C33H52O11/c1-5-6-7-27-25(35)10-8-22-16-23-9-11-28(37)33(43-22,44-23)30(39)15-19(2)14-20(3)26(36)17-29(38)32(18-41-32)13-12-24(34)21(4)31(40)42-27/h12-14,20-25,27-30,34-35,37-39H,5-11,15-18H2,1-4H3/b13-12+,19-14+/t20-,21-,22+,23-,24+,25-,27-,28-,29+,30-,32?,33+/m1/s1. The van der Waals surface area contributed by atoms with Crippen LogP contribution in [0.3, 0.4) is 0 Å². The molecule has 4 rings (SSSR count). The van der Waals surface area contributed by atoms with E-state index in [-0.39, 0.29) is 37.8 Å². The minimum absolute atomic E-state index is 0.0974. The van der Waals surface area contributed by atoms with Crippen LogP contribution < -0.4 is 0 Å². The Kier molecular flexibility index (Phi) is 11.8. The van der Waals surface area contributed by atoms with E-state index < -0.39 is 71.9 Å². The summed E-state index contributed by atoms with van der Waals surface area (Å²) in [6.07, 6.45) is 1.64. The van der Waals surface area contributed by atoms with Gasteiger partial charge in [-0.25, -0.2) is 0 Å². The molecule has 3 bridgehead atoms. The number of epoxide rings is 1. The van der Waals surface area contributed by atoms with Crippen LogP contribution in [0, 0.1) is 11.8 Å². The maximum absolute atomic E-state index is 13.1. The smallest absolute Gasteiger partial charge is 0.311 e. The number of aliphatic hydroxyl groups excluding tert-OH is 5. The monoisotopic (exact) mass is 624 g/mol. The molecule has 11 nitrogen and oxygen atoms in total. The van der Waals surface area contributed by atoms with Crippen molar-refractivity contribution in [2.75, 3.05) is 6.61 Å². The van der Waals surface area contributed by atoms with Gasteiger partial charge in [0.05, 0.1) is 43.0 Å². The van der Waals surface area contributed by atoms with E-state index in [1.165, 1.54) is 19.1 Å². The SMILES string of the molecule is CCCC[C@H]1OC(=O)[C@H](C)[C@@H](O)/C=C/C2(CO2)[C@@H](O)CC(=O)[C@H](C)/C=C(\C)C[C@@H](O)[C@@]23O[C@H](CC[C@H]2O)C[C@H](CC[C@H]1O)O3. The predicted octanol–water partition coefficient (Wildman–Crippen LogP) is 2.24. The van der Waals surface area contributed by atoms with Gasteiger partial charge in [0.15, 0.2) is 0 Å². The number of carbonyl (C=O) groups excluding carboxylic acids is 2. The highest BCUT2D eigenvalue weighted by molar-refractivity contribution is 5.83. The molecule has 0 radical (unpaired) electrons. The maximum atomic E-state index is 13.1. The van der Waals surface area contributed by atoms with Gasteiger partial charge in [0, 0.05) is 18.8 Å². The fourth-order valence-corrected chi connectivity index (χ4v) is 6.54. The Bertz CT molecular complexity index is 1050. The minimum atomic E-state index is -1.64. The number of aliphatic hydroxyl groups is 5. The van der Waals surface area contributed by atoms with Crippen molar-refractivity contribution in [3.63, 3.8) is 0 Å². The molecule has 250 valence electrons. The second-order valence-electron chi connectivity index (χ2n) is 13.4. The molecule has 2 spiro atoms. The second kappa shape index (κ2) is 14.8. The van der Waals surface area contributed by atoms with Crippen molar-refractivity contribution in [1.82, 2.24) is 0 Å². The molecule has 5 N–H and O–H groups in total. The first-order valence-corrected chi connectivity index (χ1v) is 16.3. The van der Waals surface area contributed by atoms with Crippen LogP contribution in [-0.2, 0) is 28.5 Å². The number of hydrogen-bond donors (Lipinski definition) is 5. The number of ether oxygens (including phenoxy) is 4. The molecule has 12 atom stereocenters. The molecule has 0 aliphatic carbocycles. The number of unbranched alkanes of at least 4 members (excludes halogenated alkanes) is 1. The summed E-state index contributed by atoms with van der Waals surface area (Å²) in [5.41, 5.74) is -0.427. The van der Waals surface area contributed by atoms with E-state index in [2.05, 4.69) is 0 Å². The highest BCUT2D eigenvalue weighted by atomic mass is 16.7. The van der Waals surface area contributed by atoms with Gasteiger partial charge in [-0.15, -0.1) is 0 Å². The van der Waals surface area contributed by atoms with Crippen molar-refractivity contribution in [3.05, 3.63) is 23.8 Å². The number of Topliss-reactive ketones (excluding diaryl/α,β-unsaturated/α-hetero) is 1. The zero-order valence-corrected chi connectivity index (χ0v) is 26.5. The molecule has 11 heteroatoms. The Balaban J connectivity index is 1.60. The molecule has 3 saturated heterocycles. The lowest BCUT2D eigenvalue weighted by Crippen LogP contribution is -2.65. The number of hydrogen-bond acceptors (Lipinski definition) is 11. The molecule has 0 aromatic rings. The van der Waals surface area contributed by atoms with Crippen LogP contribution >= 0.6 is 0 Å². The predicted molar refractivity (Wildman–Crippen MR) is 159 cm³/mol. The van der Waals surface area contributed by atoms with Gasteiger partial charge in [-0.2, -0.15) is 0 Å². The highest BCUT2D eigenvalue weighted by Crippen LogP contribution is 2.43. The van der Waals surface area contributed by atoms with Crippen LogP contribution in [0.25, 0.3) is 0 Å². The Morgan fingerprint density at radius 2 is 1.57 bits per heavy atom. The van der Waals surface area contributed by atoms with Crippen LogP contribution in [0.4, 0.5) is 0 Å². The number of esters is 1. The van der Waals surface area contributed by atoms with Gasteiger partial charge in [-0.3, -0.25) is 9.59 Å². The van der Waals surface area contributed by atoms with Gasteiger partial charge in [-0.1, -0.05) is 38.0 Å². The van der Waals surface area contributed by atoms with E-state index >= 15 is 0 Å². The average molecular weight is 625 g/mol. The normalized spacial score (nSPS) is 46.6. The van der Waals surface area contributed by atoms with Crippen LogP contribution in [0.1, 0.15) is 91.9 Å². The summed E-state index contributed by atoms with van der Waals surface area (Å²) in [6, 6.07) is 0. The average Bonchev–Trinajstić information content (AvgIpc) is 3.78. The first-order valence-electron chi connectivity index (χ1n) is 16.3. The summed E-state index contributed by atoms with van der Waals surface area (Å²) in [7, 11) is 0. The van der Waals surface area contributed by atoms with Gasteiger partial charge in [-0.05, 0) is 64.9 Å². The largest absolute Gasteiger partial charge is 0.459 e. The maximum Gasteiger partial charge on any atom is 0.311 e. The topological polar surface area (TPSA) is 176 Å². The molecule has 3 fully saturated rings.